The maximum Gasteiger partial charge on any atom is 0.317 e. The van der Waals surface area contributed by atoms with Crippen LogP contribution in [0.15, 0.2) is 18.2 Å². The number of halogens is 2. The first-order valence-corrected chi connectivity index (χ1v) is 8.21. The van der Waals surface area contributed by atoms with Crippen molar-refractivity contribution in [3.63, 3.8) is 0 Å². The first kappa shape index (κ1) is 16.2. The van der Waals surface area contributed by atoms with Crippen LogP contribution in [0.3, 0.4) is 0 Å². The minimum atomic E-state index is -0.441. The summed E-state index contributed by atoms with van der Waals surface area (Å²) in [4.78, 5) is 29.4. The number of piperazine rings is 1. The first-order valence-electron chi connectivity index (χ1n) is 7.46. The molecular weight excluding hydrogens is 339 g/mol. The van der Waals surface area contributed by atoms with Crippen molar-refractivity contribution in [2.45, 2.75) is 6.04 Å². The van der Waals surface area contributed by atoms with Gasteiger partial charge in [0.2, 0.25) is 5.91 Å². The molecule has 2 saturated heterocycles. The number of benzene rings is 1. The Labute approximate surface area is 144 Å². The summed E-state index contributed by atoms with van der Waals surface area (Å²) in [6, 6.07) is 4.91. The van der Waals surface area contributed by atoms with E-state index in [1.807, 2.05) is 12.1 Å². The zero-order valence-electron chi connectivity index (χ0n) is 12.8. The zero-order valence-corrected chi connectivity index (χ0v) is 14.3. The highest BCUT2D eigenvalue weighted by Gasteiger charge is 2.35. The Kier molecular flexibility index (Phi) is 4.55. The van der Waals surface area contributed by atoms with Gasteiger partial charge in [0.15, 0.2) is 0 Å². The van der Waals surface area contributed by atoms with Crippen LogP contribution in [0.25, 0.3) is 0 Å². The van der Waals surface area contributed by atoms with Gasteiger partial charge in [-0.2, -0.15) is 0 Å². The number of nitrogens with zero attached hydrogens (tertiary/aromatic N) is 3. The summed E-state index contributed by atoms with van der Waals surface area (Å²) >= 11 is 12.0. The molecule has 0 aromatic heterocycles. The van der Waals surface area contributed by atoms with Crippen LogP contribution in [-0.4, -0.2) is 67.6 Å². The molecular formula is C15H18Cl2N4O2. The van der Waals surface area contributed by atoms with E-state index in [-0.39, 0.29) is 11.9 Å². The molecule has 2 aliphatic heterocycles. The van der Waals surface area contributed by atoms with Gasteiger partial charge in [0.1, 0.15) is 6.04 Å². The van der Waals surface area contributed by atoms with Gasteiger partial charge in [-0.1, -0.05) is 23.2 Å². The highest BCUT2D eigenvalue weighted by Crippen LogP contribution is 2.27. The molecule has 8 heteroatoms. The van der Waals surface area contributed by atoms with Gasteiger partial charge in [-0.3, -0.25) is 4.79 Å². The van der Waals surface area contributed by atoms with Gasteiger partial charge in [-0.05, 0) is 18.2 Å². The van der Waals surface area contributed by atoms with E-state index in [1.165, 1.54) is 4.90 Å². The number of nitrogens with one attached hydrogen (secondary N) is 1. The van der Waals surface area contributed by atoms with Gasteiger partial charge in [0.05, 0.1) is 16.6 Å². The lowest BCUT2D eigenvalue weighted by Crippen LogP contribution is -2.54. The Bertz CT molecular complexity index is 632. The molecule has 1 aromatic carbocycles. The van der Waals surface area contributed by atoms with E-state index in [0.29, 0.717) is 29.7 Å². The number of urea groups is 1. The molecule has 1 atom stereocenters. The molecule has 0 saturated carbocycles. The predicted octanol–water partition coefficient (Wildman–Crippen LogP) is 1.67. The van der Waals surface area contributed by atoms with Crippen molar-refractivity contribution in [1.82, 2.24) is 15.1 Å². The predicted molar refractivity (Wildman–Crippen MR) is 90.2 cm³/mol. The van der Waals surface area contributed by atoms with E-state index < -0.39 is 6.04 Å². The third kappa shape index (κ3) is 3.33. The van der Waals surface area contributed by atoms with E-state index in [1.54, 1.807) is 18.0 Å². The molecule has 2 fully saturated rings. The van der Waals surface area contributed by atoms with E-state index >= 15 is 0 Å². The fourth-order valence-electron chi connectivity index (χ4n) is 2.89. The third-order valence-corrected chi connectivity index (χ3v) is 5.00. The van der Waals surface area contributed by atoms with Crippen LogP contribution >= 0.6 is 23.2 Å². The largest absolute Gasteiger partial charge is 0.368 e. The minimum absolute atomic E-state index is 0.0171. The zero-order chi connectivity index (χ0) is 16.6. The molecule has 2 heterocycles. The number of rotatable bonds is 2. The van der Waals surface area contributed by atoms with Crippen LogP contribution in [0.5, 0.6) is 0 Å². The summed E-state index contributed by atoms with van der Waals surface area (Å²) in [7, 11) is 1.69. The van der Waals surface area contributed by atoms with E-state index in [2.05, 4.69) is 10.2 Å². The van der Waals surface area contributed by atoms with Crippen LogP contribution in [0.1, 0.15) is 0 Å². The van der Waals surface area contributed by atoms with Gasteiger partial charge in [-0.15, -0.1) is 0 Å². The Hall–Kier alpha value is -1.66. The van der Waals surface area contributed by atoms with Gasteiger partial charge >= 0.3 is 6.03 Å². The normalized spacial score (nSPS) is 21.6. The molecule has 0 aliphatic carbocycles. The van der Waals surface area contributed by atoms with Crippen molar-refractivity contribution in [3.05, 3.63) is 28.2 Å². The second-order valence-corrected chi connectivity index (χ2v) is 6.61. The van der Waals surface area contributed by atoms with Crippen LogP contribution in [-0.2, 0) is 4.79 Å². The number of hydrogen-bond acceptors (Lipinski definition) is 3. The Balaban J connectivity index is 1.59. The van der Waals surface area contributed by atoms with Crippen molar-refractivity contribution in [2.24, 2.45) is 0 Å². The average molecular weight is 357 g/mol. The Morgan fingerprint density at radius 3 is 2.43 bits per heavy atom. The molecule has 0 unspecified atom stereocenters. The lowest BCUT2D eigenvalue weighted by molar-refractivity contribution is -0.133. The highest BCUT2D eigenvalue weighted by molar-refractivity contribution is 6.42. The smallest absolute Gasteiger partial charge is 0.317 e. The first-order chi connectivity index (χ1) is 11.0. The van der Waals surface area contributed by atoms with Crippen LogP contribution < -0.4 is 10.2 Å². The van der Waals surface area contributed by atoms with Crippen LogP contribution in [0.4, 0.5) is 10.5 Å². The molecule has 124 valence electrons. The summed E-state index contributed by atoms with van der Waals surface area (Å²) in [6.07, 6.45) is 0. The summed E-state index contributed by atoms with van der Waals surface area (Å²) in [6.45, 7) is 3.11. The van der Waals surface area contributed by atoms with Crippen molar-refractivity contribution < 1.29 is 9.59 Å². The van der Waals surface area contributed by atoms with Crippen LogP contribution in [0.2, 0.25) is 10.0 Å². The van der Waals surface area contributed by atoms with E-state index in [4.69, 9.17) is 23.2 Å². The lowest BCUT2D eigenvalue weighted by atomic mass is 10.2. The summed E-state index contributed by atoms with van der Waals surface area (Å²) in [5.74, 6) is -0.0171. The molecule has 3 rings (SSSR count). The quantitative estimate of drug-likeness (QED) is 0.876. The molecule has 0 spiro atoms. The number of amides is 3. The van der Waals surface area contributed by atoms with Crippen molar-refractivity contribution in [1.29, 1.82) is 0 Å². The molecule has 0 bridgehead atoms. The number of carbonyl (C=O) groups excluding carboxylic acids is 2. The van der Waals surface area contributed by atoms with Gasteiger partial charge in [-0.25, -0.2) is 4.79 Å². The van der Waals surface area contributed by atoms with Crippen molar-refractivity contribution in [3.8, 4) is 0 Å². The number of likely N-dealkylation sites (N-methyl/N-ethyl adjacent to an activating group) is 1. The molecule has 1 aromatic rings. The fourth-order valence-corrected chi connectivity index (χ4v) is 3.18. The minimum Gasteiger partial charge on any atom is -0.368 e. The lowest BCUT2D eigenvalue weighted by Gasteiger charge is -2.37. The Morgan fingerprint density at radius 1 is 1.17 bits per heavy atom. The third-order valence-electron chi connectivity index (χ3n) is 4.26. The SMILES string of the molecule is CN1C[C@H](C(=O)N2CCN(c3ccc(Cl)c(Cl)c3)CC2)NC1=O. The molecule has 1 N–H and O–H groups in total. The molecule has 23 heavy (non-hydrogen) atoms. The topological polar surface area (TPSA) is 55.9 Å². The molecule has 3 amide bonds. The highest BCUT2D eigenvalue weighted by atomic mass is 35.5. The van der Waals surface area contributed by atoms with E-state index in [0.717, 1.165) is 18.8 Å². The summed E-state index contributed by atoms with van der Waals surface area (Å²) in [5, 5.41) is 3.77. The van der Waals surface area contributed by atoms with Crippen molar-refractivity contribution >= 4 is 40.8 Å². The number of carbonyl (C=O) groups is 2. The molecule has 2 aliphatic rings. The average Bonchev–Trinajstić information content (AvgIpc) is 2.89. The monoisotopic (exact) mass is 356 g/mol. The molecule has 0 radical (unpaired) electrons. The standard InChI is InChI=1S/C15H18Cl2N4O2/c1-19-9-13(18-15(19)23)14(22)21-6-4-20(5-7-21)10-2-3-11(16)12(17)8-10/h2-3,8,13H,4-7,9H2,1H3,(H,18,23)/t13-/m1/s1. The van der Waals surface area contributed by atoms with Crippen LogP contribution in [0, 0.1) is 0 Å². The van der Waals surface area contributed by atoms with E-state index in [9.17, 15) is 9.59 Å². The summed E-state index contributed by atoms with van der Waals surface area (Å²) in [5.41, 5.74) is 1.00. The second-order valence-electron chi connectivity index (χ2n) is 5.79. The summed E-state index contributed by atoms with van der Waals surface area (Å²) < 4.78 is 0. The Morgan fingerprint density at radius 2 is 1.87 bits per heavy atom. The number of anilines is 1. The fraction of sp³-hybridized carbons (Fsp3) is 0.467. The maximum absolute atomic E-state index is 12.5. The second kappa shape index (κ2) is 6.45. The van der Waals surface area contributed by atoms with Gasteiger partial charge in [0.25, 0.3) is 0 Å². The maximum atomic E-state index is 12.5. The van der Waals surface area contributed by atoms with Crippen molar-refractivity contribution in [2.75, 3.05) is 44.7 Å². The number of hydrogen-bond donors (Lipinski definition) is 1. The van der Waals surface area contributed by atoms with Gasteiger partial charge in [0, 0.05) is 38.9 Å². The molecule has 6 nitrogen and oxygen atoms in total. The van der Waals surface area contributed by atoms with Gasteiger partial charge < -0.3 is 20.0 Å².